The van der Waals surface area contributed by atoms with Crippen LogP contribution in [-0.4, -0.2) is 26.4 Å². The normalized spacial score (nSPS) is 11.5. The topological polar surface area (TPSA) is 98.0 Å². The van der Waals surface area contributed by atoms with Crippen LogP contribution in [0.1, 0.15) is 25.8 Å². The van der Waals surface area contributed by atoms with E-state index in [4.69, 9.17) is 16.7 Å². The molecule has 0 saturated heterocycles. The fourth-order valence-electron chi connectivity index (χ4n) is 1.71. The van der Waals surface area contributed by atoms with Gasteiger partial charge in [-0.15, -0.1) is 0 Å². The molecule has 1 rings (SSSR count). The Morgan fingerprint density at radius 2 is 1.82 bits per heavy atom. The molecule has 0 spiro atoms. The molecule has 0 fully saturated rings. The van der Waals surface area contributed by atoms with Gasteiger partial charge >= 0.3 is 5.97 Å². The lowest BCUT2D eigenvalue weighted by Gasteiger charge is -2.26. The molecule has 0 aliphatic carbocycles. The standard InChI is InChI=1S/C11H13ClO5/c1-11(2,4-7(15)16)8-9(12)5(13)3-6(14)10(8)17/h3,13-14,17H,4H2,1-2H3,(H,15,16). The number of aromatic hydroxyl groups is 3. The molecule has 0 unspecified atom stereocenters. The van der Waals surface area contributed by atoms with Crippen molar-refractivity contribution in [2.75, 3.05) is 0 Å². The third-order valence-corrected chi connectivity index (χ3v) is 2.85. The van der Waals surface area contributed by atoms with E-state index in [9.17, 15) is 20.1 Å². The zero-order chi connectivity index (χ0) is 13.4. The summed E-state index contributed by atoms with van der Waals surface area (Å²) in [5.41, 5.74) is -1.01. The first-order valence-corrected chi connectivity index (χ1v) is 5.20. The molecule has 0 amide bonds. The van der Waals surface area contributed by atoms with E-state index in [1.165, 1.54) is 0 Å². The Balaban J connectivity index is 3.44. The van der Waals surface area contributed by atoms with Gasteiger partial charge in [0, 0.05) is 17.0 Å². The lowest BCUT2D eigenvalue weighted by atomic mass is 9.80. The Kier molecular flexibility index (Phi) is 3.43. The SMILES string of the molecule is CC(C)(CC(=O)O)c1c(O)c(O)cc(O)c1Cl. The second-order valence-corrected chi connectivity index (χ2v) is 4.78. The molecule has 1 aromatic rings. The second-order valence-electron chi connectivity index (χ2n) is 4.41. The number of carboxylic acid groups (broad SMARTS) is 1. The minimum absolute atomic E-state index is 0.0130. The van der Waals surface area contributed by atoms with Gasteiger partial charge < -0.3 is 20.4 Å². The fraction of sp³-hybridized carbons (Fsp3) is 0.364. The molecule has 6 heteroatoms. The Morgan fingerprint density at radius 3 is 2.29 bits per heavy atom. The number of carboxylic acids is 1. The van der Waals surface area contributed by atoms with Gasteiger partial charge in [0.2, 0.25) is 0 Å². The average Bonchev–Trinajstić information content (AvgIpc) is 2.12. The van der Waals surface area contributed by atoms with Crippen LogP contribution < -0.4 is 0 Å². The first-order chi connectivity index (χ1) is 7.66. The predicted molar refractivity (Wildman–Crippen MR) is 61.7 cm³/mol. The van der Waals surface area contributed by atoms with Gasteiger partial charge in [-0.1, -0.05) is 25.4 Å². The molecule has 0 atom stereocenters. The maximum atomic E-state index is 10.7. The first-order valence-electron chi connectivity index (χ1n) is 4.82. The van der Waals surface area contributed by atoms with Crippen LogP contribution in [0.4, 0.5) is 0 Å². The van der Waals surface area contributed by atoms with E-state index in [0.29, 0.717) is 0 Å². The number of phenolic OH excluding ortho intramolecular Hbond substituents is 3. The summed E-state index contributed by atoms with van der Waals surface area (Å²) in [7, 11) is 0. The van der Waals surface area contributed by atoms with Crippen molar-refractivity contribution < 1.29 is 25.2 Å². The molecule has 17 heavy (non-hydrogen) atoms. The Morgan fingerprint density at radius 1 is 1.29 bits per heavy atom. The zero-order valence-corrected chi connectivity index (χ0v) is 10.1. The highest BCUT2D eigenvalue weighted by Crippen LogP contribution is 2.47. The van der Waals surface area contributed by atoms with Gasteiger partial charge in [-0.2, -0.15) is 0 Å². The smallest absolute Gasteiger partial charge is 0.304 e. The number of phenols is 3. The number of halogens is 1. The molecule has 94 valence electrons. The van der Waals surface area contributed by atoms with Crippen molar-refractivity contribution in [1.82, 2.24) is 0 Å². The fourth-order valence-corrected chi connectivity index (χ4v) is 2.11. The van der Waals surface area contributed by atoms with Gasteiger partial charge in [0.05, 0.1) is 11.4 Å². The van der Waals surface area contributed by atoms with Crippen molar-refractivity contribution in [1.29, 1.82) is 0 Å². The minimum Gasteiger partial charge on any atom is -0.506 e. The number of hydrogen-bond donors (Lipinski definition) is 4. The molecule has 0 saturated carbocycles. The van der Waals surface area contributed by atoms with Crippen molar-refractivity contribution in [3.05, 3.63) is 16.7 Å². The van der Waals surface area contributed by atoms with E-state index in [-0.39, 0.29) is 17.0 Å². The summed E-state index contributed by atoms with van der Waals surface area (Å²) >= 11 is 5.82. The van der Waals surface area contributed by atoms with Crippen LogP contribution in [0.25, 0.3) is 0 Å². The van der Waals surface area contributed by atoms with Gasteiger partial charge in [-0.05, 0) is 0 Å². The number of carbonyl (C=O) groups is 1. The van der Waals surface area contributed by atoms with Crippen molar-refractivity contribution in [3.8, 4) is 17.2 Å². The molecule has 0 aliphatic rings. The van der Waals surface area contributed by atoms with E-state index in [0.717, 1.165) is 6.07 Å². The zero-order valence-electron chi connectivity index (χ0n) is 9.36. The van der Waals surface area contributed by atoms with Crippen LogP contribution in [0.15, 0.2) is 6.07 Å². The number of benzene rings is 1. The van der Waals surface area contributed by atoms with Gasteiger partial charge in [0.25, 0.3) is 0 Å². The maximum Gasteiger partial charge on any atom is 0.304 e. The van der Waals surface area contributed by atoms with Crippen molar-refractivity contribution in [2.45, 2.75) is 25.7 Å². The molecule has 1 aromatic carbocycles. The van der Waals surface area contributed by atoms with Gasteiger partial charge in [-0.3, -0.25) is 4.79 Å². The quantitative estimate of drug-likeness (QED) is 0.493. The first kappa shape index (κ1) is 13.4. The molecule has 0 bridgehead atoms. The highest BCUT2D eigenvalue weighted by molar-refractivity contribution is 6.33. The van der Waals surface area contributed by atoms with Crippen molar-refractivity contribution in [3.63, 3.8) is 0 Å². The number of hydrogen-bond acceptors (Lipinski definition) is 4. The predicted octanol–water partition coefficient (Wildman–Crippen LogP) is 2.21. The average molecular weight is 261 g/mol. The molecule has 5 nitrogen and oxygen atoms in total. The summed E-state index contributed by atoms with van der Waals surface area (Å²) in [6.45, 7) is 3.09. The van der Waals surface area contributed by atoms with Crippen LogP contribution in [-0.2, 0) is 10.2 Å². The van der Waals surface area contributed by atoms with Gasteiger partial charge in [-0.25, -0.2) is 0 Å². The molecular formula is C11H13ClO5. The van der Waals surface area contributed by atoms with E-state index >= 15 is 0 Å². The summed E-state index contributed by atoms with van der Waals surface area (Å²) in [4.78, 5) is 10.7. The Bertz CT molecular complexity index is 441. The largest absolute Gasteiger partial charge is 0.506 e. The highest BCUT2D eigenvalue weighted by Gasteiger charge is 2.32. The van der Waals surface area contributed by atoms with E-state index in [1.54, 1.807) is 13.8 Å². The molecule has 0 aromatic heterocycles. The minimum atomic E-state index is -1.08. The van der Waals surface area contributed by atoms with E-state index in [2.05, 4.69) is 0 Å². The summed E-state index contributed by atoms with van der Waals surface area (Å²) in [6, 6.07) is 0.901. The molecule has 0 heterocycles. The van der Waals surface area contributed by atoms with Crippen LogP contribution in [0.3, 0.4) is 0 Å². The Hall–Kier alpha value is -1.62. The van der Waals surface area contributed by atoms with Crippen LogP contribution in [0, 0.1) is 0 Å². The van der Waals surface area contributed by atoms with E-state index < -0.39 is 28.6 Å². The van der Waals surface area contributed by atoms with Gasteiger partial charge in [0.1, 0.15) is 5.75 Å². The van der Waals surface area contributed by atoms with Crippen LogP contribution in [0.5, 0.6) is 17.2 Å². The third-order valence-electron chi connectivity index (χ3n) is 2.47. The molecule has 0 radical (unpaired) electrons. The summed E-state index contributed by atoms with van der Waals surface area (Å²) < 4.78 is 0. The Labute approximate surface area is 103 Å². The summed E-state index contributed by atoms with van der Waals surface area (Å²) in [5.74, 6) is -2.54. The second kappa shape index (κ2) is 4.33. The molecular weight excluding hydrogens is 248 g/mol. The maximum absolute atomic E-state index is 10.7. The third kappa shape index (κ3) is 2.55. The molecule has 4 N–H and O–H groups in total. The highest BCUT2D eigenvalue weighted by atomic mass is 35.5. The summed E-state index contributed by atoms with van der Waals surface area (Å²) in [6.07, 6.45) is -0.302. The monoisotopic (exact) mass is 260 g/mol. The lowest BCUT2D eigenvalue weighted by molar-refractivity contribution is -0.138. The van der Waals surface area contributed by atoms with E-state index in [1.807, 2.05) is 0 Å². The number of rotatable bonds is 3. The number of aliphatic carboxylic acids is 1. The van der Waals surface area contributed by atoms with Crippen LogP contribution in [0.2, 0.25) is 5.02 Å². The van der Waals surface area contributed by atoms with Crippen molar-refractivity contribution in [2.24, 2.45) is 0 Å². The van der Waals surface area contributed by atoms with Gasteiger partial charge in [0.15, 0.2) is 11.5 Å². The summed E-state index contributed by atoms with van der Waals surface area (Å²) in [5, 5.41) is 37.2. The van der Waals surface area contributed by atoms with Crippen LogP contribution >= 0.6 is 11.6 Å². The lowest BCUT2D eigenvalue weighted by Crippen LogP contribution is -2.22. The molecule has 0 aliphatic heterocycles. The van der Waals surface area contributed by atoms with Crippen molar-refractivity contribution >= 4 is 17.6 Å².